The molecule has 0 aromatic heterocycles. The Labute approximate surface area is 106 Å². The van der Waals surface area contributed by atoms with Gasteiger partial charge in [0.1, 0.15) is 5.75 Å². The number of amides is 2. The molecule has 0 bridgehead atoms. The summed E-state index contributed by atoms with van der Waals surface area (Å²) in [5.41, 5.74) is 0.688. The van der Waals surface area contributed by atoms with Crippen molar-refractivity contribution in [2.45, 2.75) is 12.8 Å². The van der Waals surface area contributed by atoms with Gasteiger partial charge in [0.25, 0.3) is 0 Å². The van der Waals surface area contributed by atoms with E-state index >= 15 is 0 Å². The number of likely N-dealkylation sites (tertiary alicyclic amines) is 1. The van der Waals surface area contributed by atoms with Crippen molar-refractivity contribution in [2.24, 2.45) is 0 Å². The molecule has 1 aromatic carbocycles. The highest BCUT2D eigenvalue weighted by molar-refractivity contribution is 6.32. The van der Waals surface area contributed by atoms with Crippen LogP contribution in [0.2, 0.25) is 5.02 Å². The van der Waals surface area contributed by atoms with Crippen molar-refractivity contribution in [1.82, 2.24) is 4.90 Å². The summed E-state index contributed by atoms with van der Waals surface area (Å²) in [5.74, 6) is 0.603. The number of nitrogens with zero attached hydrogens (tertiary/aromatic N) is 1. The van der Waals surface area contributed by atoms with Crippen LogP contribution in [-0.4, -0.2) is 31.1 Å². The number of ether oxygens (including phenoxy) is 1. The Morgan fingerprint density at radius 1 is 1.41 bits per heavy atom. The molecule has 5 heteroatoms. The Morgan fingerprint density at radius 3 is 2.71 bits per heavy atom. The normalized spacial score (nSPS) is 14.8. The van der Waals surface area contributed by atoms with E-state index in [9.17, 15) is 4.79 Å². The van der Waals surface area contributed by atoms with E-state index in [-0.39, 0.29) is 6.03 Å². The van der Waals surface area contributed by atoms with Gasteiger partial charge >= 0.3 is 6.03 Å². The molecular weight excluding hydrogens is 240 g/mol. The first-order valence-electron chi connectivity index (χ1n) is 5.60. The third-order valence-electron chi connectivity index (χ3n) is 2.80. The van der Waals surface area contributed by atoms with Gasteiger partial charge in [-0.2, -0.15) is 0 Å². The second kappa shape index (κ2) is 5.27. The molecule has 1 aromatic rings. The minimum Gasteiger partial charge on any atom is -0.495 e. The molecule has 92 valence electrons. The molecule has 2 rings (SSSR count). The maximum Gasteiger partial charge on any atom is 0.321 e. The van der Waals surface area contributed by atoms with Gasteiger partial charge in [-0.1, -0.05) is 11.6 Å². The SMILES string of the molecule is COc1ccc(NC(=O)N2CCCC2)cc1Cl. The van der Waals surface area contributed by atoms with Crippen molar-refractivity contribution in [3.63, 3.8) is 0 Å². The fourth-order valence-electron chi connectivity index (χ4n) is 1.87. The summed E-state index contributed by atoms with van der Waals surface area (Å²) in [5, 5.41) is 3.32. The highest BCUT2D eigenvalue weighted by Crippen LogP contribution is 2.27. The van der Waals surface area contributed by atoms with Crippen LogP contribution in [-0.2, 0) is 0 Å². The van der Waals surface area contributed by atoms with Crippen LogP contribution in [0, 0.1) is 0 Å². The minimum atomic E-state index is -0.0660. The van der Waals surface area contributed by atoms with Crippen LogP contribution in [0.4, 0.5) is 10.5 Å². The lowest BCUT2D eigenvalue weighted by molar-refractivity contribution is 0.222. The number of carbonyl (C=O) groups is 1. The number of nitrogens with one attached hydrogen (secondary N) is 1. The van der Waals surface area contributed by atoms with Crippen LogP contribution in [0.15, 0.2) is 18.2 Å². The van der Waals surface area contributed by atoms with E-state index in [0.29, 0.717) is 16.5 Å². The van der Waals surface area contributed by atoms with Crippen LogP contribution >= 0.6 is 11.6 Å². The summed E-state index contributed by atoms with van der Waals surface area (Å²) >= 11 is 5.98. The summed E-state index contributed by atoms with van der Waals surface area (Å²) in [7, 11) is 1.56. The van der Waals surface area contributed by atoms with Crippen LogP contribution in [0.1, 0.15) is 12.8 Å². The number of rotatable bonds is 2. The predicted molar refractivity (Wildman–Crippen MR) is 67.8 cm³/mol. The molecule has 1 aliphatic rings. The van der Waals surface area contributed by atoms with Gasteiger partial charge in [0.2, 0.25) is 0 Å². The number of methoxy groups -OCH3 is 1. The first kappa shape index (κ1) is 12.0. The second-order valence-corrected chi connectivity index (χ2v) is 4.38. The smallest absolute Gasteiger partial charge is 0.321 e. The van der Waals surface area contributed by atoms with Crippen molar-refractivity contribution in [1.29, 1.82) is 0 Å². The molecule has 0 radical (unpaired) electrons. The molecule has 0 atom stereocenters. The fourth-order valence-corrected chi connectivity index (χ4v) is 2.12. The first-order valence-corrected chi connectivity index (χ1v) is 5.98. The molecule has 1 fully saturated rings. The molecule has 0 unspecified atom stereocenters. The topological polar surface area (TPSA) is 41.6 Å². The molecule has 0 spiro atoms. The predicted octanol–water partition coefficient (Wildman–Crippen LogP) is 2.98. The Balaban J connectivity index is 2.03. The van der Waals surface area contributed by atoms with E-state index in [0.717, 1.165) is 25.9 Å². The summed E-state index contributed by atoms with van der Waals surface area (Å²) in [6.07, 6.45) is 2.16. The summed E-state index contributed by atoms with van der Waals surface area (Å²) < 4.78 is 5.05. The van der Waals surface area contributed by atoms with E-state index < -0.39 is 0 Å². The van der Waals surface area contributed by atoms with Gasteiger partial charge in [0, 0.05) is 18.8 Å². The monoisotopic (exact) mass is 254 g/mol. The Morgan fingerprint density at radius 2 is 2.12 bits per heavy atom. The molecule has 1 aliphatic heterocycles. The number of carbonyl (C=O) groups excluding carboxylic acids is 1. The number of anilines is 1. The van der Waals surface area contributed by atoms with Gasteiger partial charge in [0.05, 0.1) is 12.1 Å². The summed E-state index contributed by atoms with van der Waals surface area (Å²) in [4.78, 5) is 13.6. The number of hydrogen-bond donors (Lipinski definition) is 1. The van der Waals surface area contributed by atoms with E-state index in [1.165, 1.54) is 0 Å². The quantitative estimate of drug-likeness (QED) is 0.882. The van der Waals surface area contributed by atoms with Gasteiger partial charge in [-0.15, -0.1) is 0 Å². The van der Waals surface area contributed by atoms with Crippen molar-refractivity contribution >= 4 is 23.3 Å². The second-order valence-electron chi connectivity index (χ2n) is 3.97. The zero-order valence-corrected chi connectivity index (χ0v) is 10.5. The lowest BCUT2D eigenvalue weighted by Gasteiger charge is -2.16. The van der Waals surface area contributed by atoms with E-state index in [2.05, 4.69) is 5.32 Å². The highest BCUT2D eigenvalue weighted by Gasteiger charge is 2.17. The lowest BCUT2D eigenvalue weighted by atomic mass is 10.3. The van der Waals surface area contributed by atoms with Crippen LogP contribution in [0.3, 0.4) is 0 Å². The molecule has 2 amide bonds. The largest absolute Gasteiger partial charge is 0.495 e. The Hall–Kier alpha value is -1.42. The number of urea groups is 1. The maximum atomic E-state index is 11.8. The summed E-state index contributed by atoms with van der Waals surface area (Å²) in [6, 6.07) is 5.14. The molecule has 1 N–H and O–H groups in total. The molecule has 17 heavy (non-hydrogen) atoms. The zero-order valence-electron chi connectivity index (χ0n) is 9.70. The average molecular weight is 255 g/mol. The Bertz CT molecular complexity index is 417. The molecular formula is C12H15ClN2O2. The van der Waals surface area contributed by atoms with Gasteiger partial charge in [0.15, 0.2) is 0 Å². The van der Waals surface area contributed by atoms with Crippen molar-refractivity contribution in [2.75, 3.05) is 25.5 Å². The van der Waals surface area contributed by atoms with E-state index in [1.54, 1.807) is 30.2 Å². The third kappa shape index (κ3) is 2.82. The highest BCUT2D eigenvalue weighted by atomic mass is 35.5. The number of halogens is 1. The van der Waals surface area contributed by atoms with Gasteiger partial charge in [-0.05, 0) is 31.0 Å². The molecule has 0 saturated carbocycles. The van der Waals surface area contributed by atoms with Gasteiger partial charge in [-0.3, -0.25) is 0 Å². The summed E-state index contributed by atoms with van der Waals surface area (Å²) in [6.45, 7) is 1.66. The Kier molecular flexibility index (Phi) is 3.74. The molecule has 1 saturated heterocycles. The van der Waals surface area contributed by atoms with E-state index in [4.69, 9.17) is 16.3 Å². The number of hydrogen-bond acceptors (Lipinski definition) is 2. The zero-order chi connectivity index (χ0) is 12.3. The van der Waals surface area contributed by atoms with Crippen LogP contribution in [0.5, 0.6) is 5.75 Å². The number of benzene rings is 1. The van der Waals surface area contributed by atoms with Gasteiger partial charge in [-0.25, -0.2) is 4.79 Å². The maximum absolute atomic E-state index is 11.8. The van der Waals surface area contributed by atoms with Crippen LogP contribution < -0.4 is 10.1 Å². The molecule has 1 heterocycles. The molecule has 0 aliphatic carbocycles. The standard InChI is InChI=1S/C12H15ClN2O2/c1-17-11-5-4-9(8-10(11)13)14-12(16)15-6-2-3-7-15/h4-5,8H,2-3,6-7H2,1H3,(H,14,16). The van der Waals surface area contributed by atoms with E-state index in [1.807, 2.05) is 0 Å². The van der Waals surface area contributed by atoms with Crippen LogP contribution in [0.25, 0.3) is 0 Å². The molecule has 4 nitrogen and oxygen atoms in total. The van der Waals surface area contributed by atoms with Crippen molar-refractivity contribution in [3.05, 3.63) is 23.2 Å². The van der Waals surface area contributed by atoms with Crippen molar-refractivity contribution < 1.29 is 9.53 Å². The van der Waals surface area contributed by atoms with Crippen molar-refractivity contribution in [3.8, 4) is 5.75 Å². The minimum absolute atomic E-state index is 0.0660. The first-order chi connectivity index (χ1) is 8.20. The lowest BCUT2D eigenvalue weighted by Crippen LogP contribution is -2.32. The fraction of sp³-hybridized carbons (Fsp3) is 0.417. The average Bonchev–Trinajstić information content (AvgIpc) is 2.82. The third-order valence-corrected chi connectivity index (χ3v) is 3.09. The van der Waals surface area contributed by atoms with Gasteiger partial charge < -0.3 is 15.0 Å².